The summed E-state index contributed by atoms with van der Waals surface area (Å²) >= 11 is 6.64. The third-order valence-electron chi connectivity index (χ3n) is 10.3. The Kier molecular flexibility index (Phi) is 8.87. The molecule has 6 rings (SSSR count). The smallest absolute Gasteiger partial charge is 0.253 e. The van der Waals surface area contributed by atoms with E-state index < -0.39 is 53.5 Å². The fourth-order valence-electron chi connectivity index (χ4n) is 8.18. The number of rotatable bonds is 11. The summed E-state index contributed by atoms with van der Waals surface area (Å²) in [6.45, 7) is 11.6. The van der Waals surface area contributed by atoms with Gasteiger partial charge in [-0.15, -0.1) is 13.2 Å². The predicted octanol–water partition coefficient (Wildman–Crippen LogP) is 5.82. The molecule has 244 valence electrons. The first-order valence-electron chi connectivity index (χ1n) is 16.0. The molecule has 0 aromatic heterocycles. The number of hydrogen-bond donors (Lipinski definition) is 1. The van der Waals surface area contributed by atoms with Crippen LogP contribution in [0.3, 0.4) is 0 Å². The monoisotopic (exact) mass is 653 g/mol. The van der Waals surface area contributed by atoms with Crippen molar-refractivity contribution in [3.63, 3.8) is 0 Å². The molecule has 0 radical (unpaired) electrons. The number of para-hydroxylation sites is 2. The minimum absolute atomic E-state index is 0.118. The zero-order valence-electron chi connectivity index (χ0n) is 26.7. The van der Waals surface area contributed by atoms with Gasteiger partial charge in [-0.25, -0.2) is 0 Å². The maximum Gasteiger partial charge on any atom is 0.253 e. The lowest BCUT2D eigenvalue weighted by Gasteiger charge is -2.39. The van der Waals surface area contributed by atoms with Crippen LogP contribution in [0.15, 0.2) is 110 Å². The molecule has 8 nitrogen and oxygen atoms in total. The number of likely N-dealkylation sites (tertiary alicyclic amines) is 1. The average Bonchev–Trinajstić information content (AvgIpc) is 3.60. The lowest BCUT2D eigenvalue weighted by Crippen LogP contribution is -2.57. The van der Waals surface area contributed by atoms with Crippen molar-refractivity contribution in [3.8, 4) is 0 Å². The van der Waals surface area contributed by atoms with Crippen molar-refractivity contribution >= 4 is 40.7 Å². The van der Waals surface area contributed by atoms with Gasteiger partial charge in [-0.1, -0.05) is 91.3 Å². The second-order valence-electron chi connectivity index (χ2n) is 12.8. The number of amides is 3. The Bertz CT molecular complexity index is 1680. The largest absolute Gasteiger partial charge is 0.394 e. The SMILES string of the molecule is C=CCN(C(=O)[C@@H]1[C@H]2C(=O)N([C@H](CO)c3ccccc3)C(C(=O)N(CC=C)c3ccccc3Cl)C23CC(C)[C@@]1(C)O3)c1ccccc1. The second kappa shape index (κ2) is 12.8. The van der Waals surface area contributed by atoms with Gasteiger partial charge in [0, 0.05) is 18.8 Å². The molecule has 3 amide bonds. The molecule has 3 aromatic rings. The third kappa shape index (κ3) is 5.10. The summed E-state index contributed by atoms with van der Waals surface area (Å²) < 4.78 is 7.02. The summed E-state index contributed by atoms with van der Waals surface area (Å²) in [5.74, 6) is -3.14. The lowest BCUT2D eigenvalue weighted by molar-refractivity contribution is -0.149. The molecule has 47 heavy (non-hydrogen) atoms. The van der Waals surface area contributed by atoms with Crippen molar-refractivity contribution in [2.75, 3.05) is 29.5 Å². The summed E-state index contributed by atoms with van der Waals surface area (Å²) in [5, 5.41) is 11.3. The van der Waals surface area contributed by atoms with Crippen LogP contribution in [-0.4, -0.2) is 64.7 Å². The van der Waals surface area contributed by atoms with Crippen LogP contribution in [0.2, 0.25) is 5.02 Å². The van der Waals surface area contributed by atoms with Crippen LogP contribution in [0.1, 0.15) is 31.9 Å². The van der Waals surface area contributed by atoms with Gasteiger partial charge < -0.3 is 24.5 Å². The van der Waals surface area contributed by atoms with Crippen molar-refractivity contribution in [3.05, 3.63) is 121 Å². The molecular formula is C38H40ClN3O5. The molecule has 3 aliphatic heterocycles. The first-order valence-corrected chi connectivity index (χ1v) is 16.3. The van der Waals surface area contributed by atoms with E-state index in [0.29, 0.717) is 28.4 Å². The van der Waals surface area contributed by atoms with Crippen molar-refractivity contribution in [2.45, 2.75) is 43.6 Å². The number of aliphatic hydroxyl groups excluding tert-OH is 1. The van der Waals surface area contributed by atoms with Gasteiger partial charge >= 0.3 is 0 Å². The Balaban J connectivity index is 1.53. The van der Waals surface area contributed by atoms with Crippen molar-refractivity contribution in [1.82, 2.24) is 4.90 Å². The number of fused-ring (bicyclic) bond motifs is 1. The molecule has 0 aliphatic carbocycles. The Morgan fingerprint density at radius 3 is 2.19 bits per heavy atom. The van der Waals surface area contributed by atoms with E-state index in [1.54, 1.807) is 41.3 Å². The normalized spacial score (nSPS) is 28.1. The van der Waals surface area contributed by atoms with Crippen LogP contribution in [-0.2, 0) is 19.1 Å². The van der Waals surface area contributed by atoms with Crippen LogP contribution in [0.25, 0.3) is 0 Å². The standard InChI is InChI=1S/C38H40ClN3O5/c1-5-21-40(27-17-11-8-12-18-27)34(44)31-32-35(45)42(30(24-43)26-15-9-7-10-16-26)33(38(32)23-25(3)37(31,4)47-38)36(46)41(22-6-2)29-20-14-13-19-28(29)39/h5-20,25,30-33,43H,1-2,21-24H2,3-4H3/t25?,30-,31+,32+,33?,37-,38?/m1/s1. The number of benzene rings is 3. The summed E-state index contributed by atoms with van der Waals surface area (Å²) in [4.78, 5) is 49.6. The third-order valence-corrected chi connectivity index (χ3v) is 10.6. The highest BCUT2D eigenvalue weighted by Gasteiger charge is 2.80. The van der Waals surface area contributed by atoms with E-state index in [0.717, 1.165) is 0 Å². The fraction of sp³-hybridized carbons (Fsp3) is 0.342. The first-order chi connectivity index (χ1) is 22.6. The van der Waals surface area contributed by atoms with Gasteiger partial charge in [-0.3, -0.25) is 14.4 Å². The highest BCUT2D eigenvalue weighted by molar-refractivity contribution is 6.34. The Hall–Kier alpha value is -4.24. The average molecular weight is 654 g/mol. The number of hydrogen-bond acceptors (Lipinski definition) is 5. The first kappa shape index (κ1) is 32.7. The van der Waals surface area contributed by atoms with Crippen LogP contribution < -0.4 is 9.80 Å². The van der Waals surface area contributed by atoms with Gasteiger partial charge in [0.15, 0.2) is 0 Å². The molecule has 9 heteroatoms. The number of carbonyl (C=O) groups is 3. The zero-order chi connectivity index (χ0) is 33.5. The molecule has 1 spiro atoms. The van der Waals surface area contributed by atoms with E-state index in [1.807, 2.05) is 74.5 Å². The fourth-order valence-corrected chi connectivity index (χ4v) is 8.42. The number of halogens is 1. The quantitative estimate of drug-likeness (QED) is 0.264. The van der Waals surface area contributed by atoms with E-state index in [4.69, 9.17) is 16.3 Å². The van der Waals surface area contributed by atoms with Gasteiger partial charge in [-0.05, 0) is 49.1 Å². The minimum Gasteiger partial charge on any atom is -0.394 e. The van der Waals surface area contributed by atoms with E-state index in [2.05, 4.69) is 13.2 Å². The molecule has 0 saturated carbocycles. The van der Waals surface area contributed by atoms with Crippen molar-refractivity contribution < 1.29 is 24.2 Å². The summed E-state index contributed by atoms with van der Waals surface area (Å²) in [5.41, 5.74) is -0.575. The Labute approximate surface area is 280 Å². The summed E-state index contributed by atoms with van der Waals surface area (Å²) in [7, 11) is 0. The van der Waals surface area contributed by atoms with Gasteiger partial charge in [0.05, 0.1) is 40.8 Å². The maximum absolute atomic E-state index is 15.1. The van der Waals surface area contributed by atoms with E-state index in [1.165, 1.54) is 9.80 Å². The van der Waals surface area contributed by atoms with Crippen LogP contribution in [0.5, 0.6) is 0 Å². The molecule has 1 N–H and O–H groups in total. The van der Waals surface area contributed by atoms with Crippen LogP contribution in [0.4, 0.5) is 11.4 Å². The van der Waals surface area contributed by atoms with E-state index in [9.17, 15) is 9.90 Å². The second-order valence-corrected chi connectivity index (χ2v) is 13.2. The molecular weight excluding hydrogens is 614 g/mol. The number of aliphatic hydroxyl groups is 1. The molecule has 3 fully saturated rings. The Morgan fingerprint density at radius 1 is 0.979 bits per heavy atom. The molecule has 2 bridgehead atoms. The number of ether oxygens (including phenoxy) is 1. The summed E-state index contributed by atoms with van der Waals surface area (Å²) in [6.07, 6.45) is 3.64. The van der Waals surface area contributed by atoms with Gasteiger partial charge in [0.1, 0.15) is 11.6 Å². The predicted molar refractivity (Wildman–Crippen MR) is 183 cm³/mol. The van der Waals surface area contributed by atoms with E-state index >= 15 is 9.59 Å². The van der Waals surface area contributed by atoms with E-state index in [-0.39, 0.29) is 24.9 Å². The number of anilines is 2. The zero-order valence-corrected chi connectivity index (χ0v) is 27.4. The molecule has 3 aromatic carbocycles. The highest BCUT2D eigenvalue weighted by Crippen LogP contribution is 2.66. The van der Waals surface area contributed by atoms with Gasteiger partial charge in [-0.2, -0.15) is 0 Å². The maximum atomic E-state index is 15.1. The lowest BCUT2D eigenvalue weighted by atomic mass is 9.62. The Morgan fingerprint density at radius 2 is 1.57 bits per heavy atom. The van der Waals surface area contributed by atoms with Gasteiger partial charge in [0.2, 0.25) is 11.8 Å². The topological polar surface area (TPSA) is 90.4 Å². The molecule has 3 heterocycles. The van der Waals surface area contributed by atoms with Crippen LogP contribution in [0, 0.1) is 17.8 Å². The number of nitrogens with zero attached hydrogens (tertiary/aromatic N) is 3. The van der Waals surface area contributed by atoms with Crippen molar-refractivity contribution in [1.29, 1.82) is 0 Å². The molecule has 3 unspecified atom stereocenters. The molecule has 7 atom stereocenters. The van der Waals surface area contributed by atoms with Crippen LogP contribution >= 0.6 is 11.6 Å². The molecule has 3 aliphatic rings. The number of carbonyl (C=O) groups excluding carboxylic acids is 3. The summed E-state index contributed by atoms with van der Waals surface area (Å²) in [6, 6.07) is 23.4. The minimum atomic E-state index is -1.35. The van der Waals surface area contributed by atoms with Crippen molar-refractivity contribution in [2.24, 2.45) is 17.8 Å². The molecule has 3 saturated heterocycles. The highest BCUT2D eigenvalue weighted by atomic mass is 35.5. The van der Waals surface area contributed by atoms with Gasteiger partial charge in [0.25, 0.3) is 5.91 Å².